The maximum atomic E-state index is 13.2. The number of hydrogen-bond donors (Lipinski definition) is 2. The van der Waals surface area contributed by atoms with Crippen molar-refractivity contribution in [3.63, 3.8) is 0 Å². The van der Waals surface area contributed by atoms with E-state index in [1.807, 2.05) is 0 Å². The number of anilines is 1. The minimum Gasteiger partial charge on any atom is -0.481 e. The largest absolute Gasteiger partial charge is 0.481 e. The van der Waals surface area contributed by atoms with Gasteiger partial charge in [0.2, 0.25) is 0 Å². The molecule has 7 nitrogen and oxygen atoms in total. The Morgan fingerprint density at radius 1 is 1.27 bits per heavy atom. The Bertz CT molecular complexity index is 935. The number of hydrogen-bond acceptors (Lipinski definition) is 4. The second kappa shape index (κ2) is 6.67. The van der Waals surface area contributed by atoms with Crippen LogP contribution in [0.25, 0.3) is 0 Å². The van der Waals surface area contributed by atoms with Crippen LogP contribution in [-0.4, -0.2) is 29.3 Å². The Hall–Kier alpha value is -2.49. The van der Waals surface area contributed by atoms with E-state index < -0.39 is 38.4 Å². The SMILES string of the molecule is Cc1nn(C)c(S(=O)(=O)Nc2ccc(C(C)(C)C(=O)O)cc2)c1C(F)F. The summed E-state index contributed by atoms with van der Waals surface area (Å²) < 4.78 is 54.7. The molecule has 0 aliphatic carbocycles. The van der Waals surface area contributed by atoms with Crippen LogP contribution >= 0.6 is 0 Å². The van der Waals surface area contributed by atoms with Crippen molar-refractivity contribution in [3.05, 3.63) is 41.1 Å². The highest BCUT2D eigenvalue weighted by atomic mass is 32.2. The van der Waals surface area contributed by atoms with Gasteiger partial charge in [0.1, 0.15) is 0 Å². The molecule has 1 aromatic carbocycles. The molecule has 142 valence electrons. The average Bonchev–Trinajstić information content (AvgIpc) is 2.82. The third-order valence-corrected chi connectivity index (χ3v) is 5.58. The van der Waals surface area contributed by atoms with Crippen molar-refractivity contribution < 1.29 is 27.1 Å². The van der Waals surface area contributed by atoms with Gasteiger partial charge in [-0.05, 0) is 38.5 Å². The van der Waals surface area contributed by atoms with Crippen molar-refractivity contribution in [2.24, 2.45) is 7.05 Å². The van der Waals surface area contributed by atoms with E-state index in [0.29, 0.717) is 5.56 Å². The van der Waals surface area contributed by atoms with Gasteiger partial charge in [0.15, 0.2) is 5.03 Å². The number of halogens is 2. The molecule has 1 aromatic heterocycles. The van der Waals surface area contributed by atoms with Crippen LogP contribution in [0.4, 0.5) is 14.5 Å². The van der Waals surface area contributed by atoms with Crippen molar-refractivity contribution in [2.45, 2.75) is 37.6 Å². The maximum absolute atomic E-state index is 13.2. The first kappa shape index (κ1) is 19.8. The van der Waals surface area contributed by atoms with Crippen LogP contribution in [-0.2, 0) is 27.3 Å². The number of benzene rings is 1. The fraction of sp³-hybridized carbons (Fsp3) is 0.375. The van der Waals surface area contributed by atoms with E-state index in [-0.39, 0.29) is 11.4 Å². The standard InChI is InChI=1S/C16H19F2N3O4S/c1-9-12(13(17)18)14(21(4)19-9)26(24,25)20-11-7-5-10(6-8-11)16(2,3)15(22)23/h5-8,13,20H,1-4H3,(H,22,23). The predicted octanol–water partition coefficient (Wildman–Crippen LogP) is 2.83. The molecule has 0 atom stereocenters. The van der Waals surface area contributed by atoms with E-state index in [1.165, 1.54) is 52.1 Å². The van der Waals surface area contributed by atoms with E-state index in [9.17, 15) is 27.1 Å². The molecule has 0 aliphatic rings. The highest BCUT2D eigenvalue weighted by Crippen LogP contribution is 2.31. The molecule has 0 bridgehead atoms. The highest BCUT2D eigenvalue weighted by Gasteiger charge is 2.32. The lowest BCUT2D eigenvalue weighted by atomic mass is 9.85. The van der Waals surface area contributed by atoms with Gasteiger partial charge in [0, 0.05) is 12.7 Å². The number of carbonyl (C=O) groups is 1. The lowest BCUT2D eigenvalue weighted by Crippen LogP contribution is -2.28. The second-order valence-corrected chi connectivity index (χ2v) is 7.94. The lowest BCUT2D eigenvalue weighted by molar-refractivity contribution is -0.142. The number of nitrogens with zero attached hydrogens (tertiary/aromatic N) is 2. The molecule has 0 saturated heterocycles. The van der Waals surface area contributed by atoms with Crippen molar-refractivity contribution in [3.8, 4) is 0 Å². The summed E-state index contributed by atoms with van der Waals surface area (Å²) in [6, 6.07) is 5.69. The van der Waals surface area contributed by atoms with Crippen LogP contribution in [0.3, 0.4) is 0 Å². The molecule has 2 rings (SSSR count). The zero-order valence-electron chi connectivity index (χ0n) is 14.6. The highest BCUT2D eigenvalue weighted by molar-refractivity contribution is 7.92. The zero-order valence-corrected chi connectivity index (χ0v) is 15.4. The number of carboxylic acids is 1. The summed E-state index contributed by atoms with van der Waals surface area (Å²) in [7, 11) is -3.04. The molecule has 0 amide bonds. The van der Waals surface area contributed by atoms with Gasteiger partial charge in [-0.15, -0.1) is 0 Å². The first-order chi connectivity index (χ1) is 11.9. The summed E-state index contributed by atoms with van der Waals surface area (Å²) in [5.41, 5.74) is -1.28. The molecule has 26 heavy (non-hydrogen) atoms. The summed E-state index contributed by atoms with van der Waals surface area (Å²) in [4.78, 5) is 11.3. The number of alkyl halides is 2. The van der Waals surface area contributed by atoms with Crippen LogP contribution in [0, 0.1) is 6.92 Å². The summed E-state index contributed by atoms with van der Waals surface area (Å²) in [6.07, 6.45) is -2.99. The second-order valence-electron chi connectivity index (χ2n) is 6.34. The molecule has 2 aromatic rings. The first-order valence-corrected chi connectivity index (χ1v) is 9.04. The number of nitrogens with one attached hydrogen (secondary N) is 1. The third kappa shape index (κ3) is 3.55. The predicted molar refractivity (Wildman–Crippen MR) is 90.8 cm³/mol. The maximum Gasteiger partial charge on any atom is 0.313 e. The topological polar surface area (TPSA) is 101 Å². The first-order valence-electron chi connectivity index (χ1n) is 7.56. The average molecular weight is 387 g/mol. The van der Waals surface area contributed by atoms with Crippen LogP contribution in [0.5, 0.6) is 0 Å². The Kier molecular flexibility index (Phi) is 5.09. The molecule has 0 fully saturated rings. The number of aryl methyl sites for hydroxylation is 2. The Morgan fingerprint density at radius 2 is 1.81 bits per heavy atom. The van der Waals surface area contributed by atoms with Gasteiger partial charge >= 0.3 is 5.97 Å². The fourth-order valence-corrected chi connectivity index (χ4v) is 3.96. The normalized spacial score (nSPS) is 12.4. The molecule has 0 aliphatic heterocycles. The molecule has 0 unspecified atom stereocenters. The molecule has 0 radical (unpaired) electrons. The van der Waals surface area contributed by atoms with Gasteiger partial charge in [-0.25, -0.2) is 8.78 Å². The lowest BCUT2D eigenvalue weighted by Gasteiger charge is -2.20. The fourth-order valence-electron chi connectivity index (χ4n) is 2.51. The van der Waals surface area contributed by atoms with E-state index in [4.69, 9.17) is 0 Å². The zero-order chi connectivity index (χ0) is 19.9. The van der Waals surface area contributed by atoms with Gasteiger partial charge < -0.3 is 5.11 Å². The van der Waals surface area contributed by atoms with Crippen molar-refractivity contribution in [1.82, 2.24) is 9.78 Å². The molecule has 1 heterocycles. The van der Waals surface area contributed by atoms with Crippen molar-refractivity contribution >= 4 is 21.7 Å². The quantitative estimate of drug-likeness (QED) is 0.794. The Morgan fingerprint density at radius 3 is 2.27 bits per heavy atom. The van der Waals surface area contributed by atoms with E-state index in [1.54, 1.807) is 0 Å². The van der Waals surface area contributed by atoms with E-state index in [0.717, 1.165) is 4.68 Å². The van der Waals surface area contributed by atoms with E-state index >= 15 is 0 Å². The van der Waals surface area contributed by atoms with Gasteiger partial charge in [-0.3, -0.25) is 14.2 Å². The summed E-state index contributed by atoms with van der Waals surface area (Å²) in [6.45, 7) is 4.34. The van der Waals surface area contributed by atoms with Crippen LogP contribution in [0.15, 0.2) is 29.3 Å². The van der Waals surface area contributed by atoms with Crippen molar-refractivity contribution in [2.75, 3.05) is 4.72 Å². The monoisotopic (exact) mass is 387 g/mol. The summed E-state index contributed by atoms with van der Waals surface area (Å²) >= 11 is 0. The number of aliphatic carboxylic acids is 1. The van der Waals surface area contributed by atoms with Crippen molar-refractivity contribution in [1.29, 1.82) is 0 Å². The van der Waals surface area contributed by atoms with Crippen LogP contribution < -0.4 is 4.72 Å². The Balaban J connectivity index is 2.39. The summed E-state index contributed by atoms with van der Waals surface area (Å²) in [5, 5.41) is 12.4. The van der Waals surface area contributed by atoms with Crippen LogP contribution in [0.2, 0.25) is 0 Å². The minimum absolute atomic E-state index is 0.0681. The van der Waals surface area contributed by atoms with Gasteiger partial charge in [0.05, 0.1) is 16.7 Å². The molecule has 0 saturated carbocycles. The molecule has 0 spiro atoms. The smallest absolute Gasteiger partial charge is 0.313 e. The number of carboxylic acid groups (broad SMARTS) is 1. The molecular formula is C16H19F2N3O4S. The third-order valence-electron chi connectivity index (χ3n) is 4.08. The minimum atomic E-state index is -4.31. The molecule has 10 heteroatoms. The molecule has 2 N–H and O–H groups in total. The summed E-state index contributed by atoms with van der Waals surface area (Å²) in [5.74, 6) is -1.03. The van der Waals surface area contributed by atoms with Gasteiger partial charge in [0.25, 0.3) is 16.4 Å². The molecular weight excluding hydrogens is 368 g/mol. The van der Waals surface area contributed by atoms with Gasteiger partial charge in [-0.1, -0.05) is 12.1 Å². The number of aromatic nitrogens is 2. The van der Waals surface area contributed by atoms with E-state index in [2.05, 4.69) is 9.82 Å². The van der Waals surface area contributed by atoms with Gasteiger partial charge in [-0.2, -0.15) is 13.5 Å². The number of rotatable bonds is 6. The van der Waals surface area contributed by atoms with Crippen LogP contribution in [0.1, 0.15) is 37.1 Å². The number of sulfonamides is 1. The Labute approximate surface area is 149 Å².